The molecule has 36 heavy (non-hydrogen) atoms. The third-order valence-electron chi connectivity index (χ3n) is 5.58. The molecule has 0 radical (unpaired) electrons. The number of hydrogen-bond acceptors (Lipinski definition) is 8. The van der Waals surface area contributed by atoms with Crippen LogP contribution in [-0.4, -0.2) is 64.5 Å². The number of ether oxygens (including phenoxy) is 2. The van der Waals surface area contributed by atoms with Gasteiger partial charge in [-0.15, -0.1) is 0 Å². The number of non-ortho nitro benzene ring substituents is 1. The van der Waals surface area contributed by atoms with Gasteiger partial charge in [0.05, 0.1) is 35.3 Å². The number of benzene rings is 2. The van der Waals surface area contributed by atoms with E-state index in [2.05, 4.69) is 26.0 Å². The van der Waals surface area contributed by atoms with Crippen molar-refractivity contribution < 1.29 is 19.2 Å². The summed E-state index contributed by atoms with van der Waals surface area (Å²) >= 11 is 3.37. The number of nitrogens with zero attached hydrogens (tertiary/aromatic N) is 5. The van der Waals surface area contributed by atoms with Gasteiger partial charge >= 0.3 is 0 Å². The molecule has 3 aromatic rings. The summed E-state index contributed by atoms with van der Waals surface area (Å²) in [6.07, 6.45) is 2.55. The van der Waals surface area contributed by atoms with E-state index < -0.39 is 4.92 Å². The number of aryl methyl sites for hydroxylation is 1. The molecule has 1 amide bonds. The molecule has 2 aromatic carbocycles. The number of morpholine rings is 1. The van der Waals surface area contributed by atoms with Crippen LogP contribution in [0.2, 0.25) is 0 Å². The zero-order valence-electron chi connectivity index (χ0n) is 19.6. The van der Waals surface area contributed by atoms with Gasteiger partial charge in [0, 0.05) is 41.7 Å². The highest BCUT2D eigenvalue weighted by molar-refractivity contribution is 9.10. The van der Waals surface area contributed by atoms with Gasteiger partial charge in [-0.25, -0.2) is 4.98 Å². The fourth-order valence-electron chi connectivity index (χ4n) is 3.74. The molecule has 0 atom stereocenters. The van der Waals surface area contributed by atoms with Crippen molar-refractivity contribution in [1.82, 2.24) is 14.6 Å². The van der Waals surface area contributed by atoms with Gasteiger partial charge in [-0.05, 0) is 30.7 Å². The smallest absolute Gasteiger partial charge is 0.282 e. The first kappa shape index (κ1) is 25.5. The average Bonchev–Trinajstić information content (AvgIpc) is 2.88. The third kappa shape index (κ3) is 5.77. The minimum Gasteiger partial charge on any atom is -0.483 e. The Balaban J connectivity index is 1.69. The van der Waals surface area contributed by atoms with Gasteiger partial charge in [0.1, 0.15) is 11.6 Å². The molecule has 0 saturated carbocycles. The fraction of sp³-hybridized carbons (Fsp3) is 0.333. The Labute approximate surface area is 214 Å². The Morgan fingerprint density at radius 3 is 2.78 bits per heavy atom. The Bertz CT molecular complexity index is 1380. The Hall–Kier alpha value is -3.64. The van der Waals surface area contributed by atoms with E-state index in [1.807, 2.05) is 13.0 Å². The number of amides is 1. The number of nitro benzene ring substituents is 1. The summed E-state index contributed by atoms with van der Waals surface area (Å²) in [5, 5.41) is 16.1. The van der Waals surface area contributed by atoms with Crippen molar-refractivity contribution in [2.75, 3.05) is 32.9 Å². The van der Waals surface area contributed by atoms with Gasteiger partial charge in [-0.1, -0.05) is 22.9 Å². The van der Waals surface area contributed by atoms with E-state index in [-0.39, 0.29) is 35.1 Å². The molecule has 0 spiro atoms. The Morgan fingerprint density at radius 1 is 1.28 bits per heavy atom. The van der Waals surface area contributed by atoms with Crippen LogP contribution >= 0.6 is 15.9 Å². The average molecular weight is 558 g/mol. The molecular weight excluding hydrogens is 534 g/mol. The zero-order chi connectivity index (χ0) is 25.7. The SMILES string of the molecule is CCCc1nc2ccc(Br)cc2c(=O)n1N=Cc1cc([N+](=O)[O-])ccc1OCC(=O)N1CCOCC1. The van der Waals surface area contributed by atoms with Crippen LogP contribution in [0, 0.1) is 10.1 Å². The van der Waals surface area contributed by atoms with Crippen molar-refractivity contribution in [3.63, 3.8) is 0 Å². The lowest BCUT2D eigenvalue weighted by Gasteiger charge is -2.26. The number of rotatable bonds is 8. The van der Waals surface area contributed by atoms with Crippen LogP contribution in [0.4, 0.5) is 5.69 Å². The van der Waals surface area contributed by atoms with Crippen molar-refractivity contribution in [1.29, 1.82) is 0 Å². The van der Waals surface area contributed by atoms with Crippen LogP contribution in [-0.2, 0) is 16.0 Å². The lowest BCUT2D eigenvalue weighted by molar-refractivity contribution is -0.384. The predicted octanol–water partition coefficient (Wildman–Crippen LogP) is 3.14. The second kappa shape index (κ2) is 11.4. The fourth-order valence-corrected chi connectivity index (χ4v) is 4.11. The highest BCUT2D eigenvalue weighted by Gasteiger charge is 2.19. The molecule has 1 fully saturated rings. The van der Waals surface area contributed by atoms with Crippen molar-refractivity contribution in [3.05, 3.63) is 72.7 Å². The number of carbonyl (C=O) groups excluding carboxylic acids is 1. The first-order valence-corrected chi connectivity index (χ1v) is 12.2. The summed E-state index contributed by atoms with van der Waals surface area (Å²) in [5.74, 6) is 0.474. The molecule has 4 rings (SSSR count). The highest BCUT2D eigenvalue weighted by atomic mass is 79.9. The van der Waals surface area contributed by atoms with Gasteiger partial charge in [0.2, 0.25) is 0 Å². The maximum Gasteiger partial charge on any atom is 0.282 e. The standard InChI is InChI=1S/C24H24BrN5O6/c1-2-3-22-27-20-6-4-17(25)13-19(20)24(32)29(22)26-14-16-12-18(30(33)34)5-7-21(16)36-15-23(31)28-8-10-35-11-9-28/h4-7,12-14H,2-3,8-11,15H2,1H3. The number of carbonyl (C=O) groups is 1. The van der Waals surface area contributed by atoms with E-state index in [0.717, 1.165) is 10.9 Å². The molecule has 0 bridgehead atoms. The molecule has 188 valence electrons. The third-order valence-corrected chi connectivity index (χ3v) is 6.07. The highest BCUT2D eigenvalue weighted by Crippen LogP contribution is 2.23. The van der Waals surface area contributed by atoms with Crippen LogP contribution in [0.15, 0.2) is 50.8 Å². The lowest BCUT2D eigenvalue weighted by atomic mass is 10.2. The second-order valence-electron chi connectivity index (χ2n) is 8.06. The maximum atomic E-state index is 13.2. The van der Waals surface area contributed by atoms with Crippen molar-refractivity contribution in [2.45, 2.75) is 19.8 Å². The van der Waals surface area contributed by atoms with Gasteiger partial charge in [-0.2, -0.15) is 9.78 Å². The van der Waals surface area contributed by atoms with Crippen molar-refractivity contribution >= 4 is 44.6 Å². The molecular formula is C24H24BrN5O6. The van der Waals surface area contributed by atoms with Gasteiger partial charge < -0.3 is 14.4 Å². The number of aromatic nitrogens is 2. The summed E-state index contributed by atoms with van der Waals surface area (Å²) in [5.41, 5.74) is 0.267. The molecule has 1 aliphatic heterocycles. The molecule has 2 heterocycles. The minimum absolute atomic E-state index is 0.176. The predicted molar refractivity (Wildman–Crippen MR) is 137 cm³/mol. The summed E-state index contributed by atoms with van der Waals surface area (Å²) in [6.45, 7) is 3.60. The first-order valence-electron chi connectivity index (χ1n) is 11.4. The van der Waals surface area contributed by atoms with E-state index >= 15 is 0 Å². The molecule has 1 saturated heterocycles. The molecule has 11 nitrogen and oxygen atoms in total. The van der Waals surface area contributed by atoms with Crippen LogP contribution in [0.3, 0.4) is 0 Å². The van der Waals surface area contributed by atoms with Crippen molar-refractivity contribution in [2.24, 2.45) is 5.10 Å². The van der Waals surface area contributed by atoms with Gasteiger partial charge in [0.25, 0.3) is 17.2 Å². The topological polar surface area (TPSA) is 129 Å². The quantitative estimate of drug-likeness (QED) is 0.236. The molecule has 0 aliphatic carbocycles. The minimum atomic E-state index is -0.538. The van der Waals surface area contributed by atoms with Crippen molar-refractivity contribution in [3.8, 4) is 5.75 Å². The summed E-state index contributed by atoms with van der Waals surface area (Å²) < 4.78 is 12.9. The van der Waals surface area contributed by atoms with E-state index in [1.165, 1.54) is 29.1 Å². The molecule has 0 N–H and O–H groups in total. The molecule has 0 unspecified atom stereocenters. The Kier molecular flexibility index (Phi) is 8.06. The van der Waals surface area contributed by atoms with E-state index in [9.17, 15) is 19.7 Å². The molecule has 1 aliphatic rings. The second-order valence-corrected chi connectivity index (χ2v) is 8.98. The number of fused-ring (bicyclic) bond motifs is 1. The summed E-state index contributed by atoms with van der Waals surface area (Å²) in [4.78, 5) is 42.8. The largest absolute Gasteiger partial charge is 0.483 e. The zero-order valence-corrected chi connectivity index (χ0v) is 21.1. The monoisotopic (exact) mass is 557 g/mol. The molecule has 1 aromatic heterocycles. The van der Waals surface area contributed by atoms with Crippen LogP contribution in [0.25, 0.3) is 10.9 Å². The van der Waals surface area contributed by atoms with Gasteiger partial charge in [-0.3, -0.25) is 19.7 Å². The summed E-state index contributed by atoms with van der Waals surface area (Å²) in [7, 11) is 0. The first-order chi connectivity index (χ1) is 17.4. The van der Waals surface area contributed by atoms with E-state index in [0.29, 0.717) is 49.5 Å². The maximum absolute atomic E-state index is 13.2. The normalized spacial score (nSPS) is 13.9. The number of nitro groups is 1. The summed E-state index contributed by atoms with van der Waals surface area (Å²) in [6, 6.07) is 9.22. The Morgan fingerprint density at radius 2 is 2.06 bits per heavy atom. The van der Waals surface area contributed by atoms with E-state index in [4.69, 9.17) is 9.47 Å². The van der Waals surface area contributed by atoms with Crippen LogP contribution in [0.1, 0.15) is 24.7 Å². The van der Waals surface area contributed by atoms with E-state index in [1.54, 1.807) is 17.0 Å². The van der Waals surface area contributed by atoms with Gasteiger partial charge in [0.15, 0.2) is 6.61 Å². The molecule has 12 heteroatoms. The van der Waals surface area contributed by atoms with Crippen LogP contribution < -0.4 is 10.3 Å². The number of hydrogen-bond donors (Lipinski definition) is 0. The lowest BCUT2D eigenvalue weighted by Crippen LogP contribution is -2.43. The number of halogens is 1. The van der Waals surface area contributed by atoms with Crippen LogP contribution in [0.5, 0.6) is 5.75 Å².